The number of likely N-dealkylation sites (tertiary alicyclic amines) is 1. The Labute approximate surface area is 135 Å². The fraction of sp³-hybridized carbons (Fsp3) is 0.471. The van der Waals surface area contributed by atoms with Crippen molar-refractivity contribution in [1.29, 1.82) is 0 Å². The number of hydrogen-bond acceptors (Lipinski definition) is 5. The Kier molecular flexibility index (Phi) is 4.95. The van der Waals surface area contributed by atoms with Crippen molar-refractivity contribution in [3.8, 4) is 5.75 Å². The van der Waals surface area contributed by atoms with Crippen LogP contribution in [0.5, 0.6) is 5.75 Å². The molecule has 1 saturated heterocycles. The molecule has 2 N–H and O–H groups in total. The number of anilines is 1. The zero-order valence-corrected chi connectivity index (χ0v) is 13.9. The van der Waals surface area contributed by atoms with Gasteiger partial charge in [0.25, 0.3) is 0 Å². The zero-order valence-electron chi connectivity index (χ0n) is 13.0. The van der Waals surface area contributed by atoms with Crippen molar-refractivity contribution in [3.05, 3.63) is 39.8 Å². The minimum absolute atomic E-state index is 0.704. The number of thiazole rings is 1. The molecule has 4 nitrogen and oxygen atoms in total. The third-order valence-electron chi connectivity index (χ3n) is 3.96. The third-order valence-corrected chi connectivity index (χ3v) is 4.93. The van der Waals surface area contributed by atoms with Gasteiger partial charge in [0.05, 0.1) is 10.7 Å². The highest BCUT2D eigenvalue weighted by Crippen LogP contribution is 2.24. The summed E-state index contributed by atoms with van der Waals surface area (Å²) in [5.41, 5.74) is 9.09. The number of hydrogen-bond donors (Lipinski definition) is 1. The molecule has 118 valence electrons. The molecule has 0 radical (unpaired) electrons. The van der Waals surface area contributed by atoms with Gasteiger partial charge in [-0.3, -0.25) is 4.90 Å². The fourth-order valence-corrected chi connectivity index (χ4v) is 3.59. The molecule has 0 bridgehead atoms. The standard InChI is InChI=1S/C17H23N3OS/c1-13-12-22-17(19-13)11-14-4-5-16(15(18)10-14)21-9-8-20-6-2-3-7-20/h4-5,10,12H,2-3,6-9,11,18H2,1H3. The number of nitrogens with zero attached hydrogens (tertiary/aromatic N) is 2. The van der Waals surface area contributed by atoms with Gasteiger partial charge in [-0.15, -0.1) is 11.3 Å². The molecule has 2 heterocycles. The molecule has 1 aliphatic heterocycles. The summed E-state index contributed by atoms with van der Waals surface area (Å²) in [4.78, 5) is 6.93. The van der Waals surface area contributed by atoms with Gasteiger partial charge in [0.15, 0.2) is 0 Å². The Morgan fingerprint density at radius 1 is 1.32 bits per heavy atom. The Morgan fingerprint density at radius 2 is 2.14 bits per heavy atom. The van der Waals surface area contributed by atoms with Crippen molar-refractivity contribution in [2.45, 2.75) is 26.2 Å². The summed E-state index contributed by atoms with van der Waals surface area (Å²) in [7, 11) is 0. The molecule has 0 amide bonds. The molecule has 1 aromatic carbocycles. The highest BCUT2D eigenvalue weighted by molar-refractivity contribution is 7.09. The Morgan fingerprint density at radius 3 is 2.82 bits per heavy atom. The average molecular weight is 317 g/mol. The maximum atomic E-state index is 6.12. The van der Waals surface area contributed by atoms with Crippen LogP contribution in [-0.4, -0.2) is 36.1 Å². The smallest absolute Gasteiger partial charge is 0.142 e. The van der Waals surface area contributed by atoms with E-state index in [1.165, 1.54) is 31.5 Å². The monoisotopic (exact) mass is 317 g/mol. The highest BCUT2D eigenvalue weighted by atomic mass is 32.1. The maximum absolute atomic E-state index is 6.12. The van der Waals surface area contributed by atoms with Crippen molar-refractivity contribution in [2.75, 3.05) is 32.0 Å². The minimum Gasteiger partial charge on any atom is -0.490 e. The van der Waals surface area contributed by atoms with E-state index in [2.05, 4.69) is 21.3 Å². The lowest BCUT2D eigenvalue weighted by molar-refractivity contribution is 0.238. The summed E-state index contributed by atoms with van der Waals surface area (Å²) in [5.74, 6) is 0.790. The van der Waals surface area contributed by atoms with Gasteiger partial charge in [0, 0.05) is 24.0 Å². The van der Waals surface area contributed by atoms with Gasteiger partial charge in [0.1, 0.15) is 12.4 Å². The van der Waals surface area contributed by atoms with Crippen LogP contribution in [0.2, 0.25) is 0 Å². The zero-order chi connectivity index (χ0) is 15.4. The Balaban J connectivity index is 1.54. The lowest BCUT2D eigenvalue weighted by Crippen LogP contribution is -2.25. The number of ether oxygens (including phenoxy) is 1. The van der Waals surface area contributed by atoms with E-state index >= 15 is 0 Å². The topological polar surface area (TPSA) is 51.4 Å². The highest BCUT2D eigenvalue weighted by Gasteiger charge is 2.11. The first kappa shape index (κ1) is 15.3. The second-order valence-electron chi connectivity index (χ2n) is 5.83. The van der Waals surface area contributed by atoms with Gasteiger partial charge >= 0.3 is 0 Å². The number of benzene rings is 1. The second kappa shape index (κ2) is 7.11. The summed E-state index contributed by atoms with van der Waals surface area (Å²) in [6.07, 6.45) is 3.46. The van der Waals surface area contributed by atoms with Crippen molar-refractivity contribution in [1.82, 2.24) is 9.88 Å². The predicted molar refractivity (Wildman–Crippen MR) is 91.7 cm³/mol. The van der Waals surface area contributed by atoms with Crippen molar-refractivity contribution >= 4 is 17.0 Å². The SMILES string of the molecule is Cc1csc(Cc2ccc(OCCN3CCCC3)c(N)c2)n1. The minimum atomic E-state index is 0.704. The second-order valence-corrected chi connectivity index (χ2v) is 6.77. The first-order chi connectivity index (χ1) is 10.7. The molecule has 22 heavy (non-hydrogen) atoms. The van der Waals surface area contributed by atoms with E-state index < -0.39 is 0 Å². The van der Waals surface area contributed by atoms with Crippen LogP contribution in [0.15, 0.2) is 23.6 Å². The molecule has 0 unspecified atom stereocenters. The van der Waals surface area contributed by atoms with E-state index in [4.69, 9.17) is 10.5 Å². The van der Waals surface area contributed by atoms with Gasteiger partial charge in [-0.1, -0.05) is 6.07 Å². The summed E-state index contributed by atoms with van der Waals surface area (Å²) in [6.45, 7) is 6.11. The van der Waals surface area contributed by atoms with E-state index in [0.717, 1.165) is 29.4 Å². The molecular weight excluding hydrogens is 294 g/mol. The van der Waals surface area contributed by atoms with Crippen LogP contribution >= 0.6 is 11.3 Å². The molecule has 1 fully saturated rings. The molecule has 0 spiro atoms. The van der Waals surface area contributed by atoms with Gasteiger partial charge in [-0.25, -0.2) is 4.98 Å². The fourth-order valence-electron chi connectivity index (χ4n) is 2.79. The van der Waals surface area contributed by atoms with Gasteiger partial charge in [-0.05, 0) is 50.6 Å². The molecule has 0 aliphatic carbocycles. The number of nitrogen functional groups attached to an aromatic ring is 1. The van der Waals surface area contributed by atoms with Gasteiger partial charge in [0.2, 0.25) is 0 Å². The predicted octanol–water partition coefficient (Wildman–Crippen LogP) is 3.10. The van der Waals surface area contributed by atoms with Gasteiger partial charge in [-0.2, -0.15) is 0 Å². The number of aryl methyl sites for hydroxylation is 1. The Hall–Kier alpha value is -1.59. The molecular formula is C17H23N3OS. The molecule has 3 rings (SSSR count). The maximum Gasteiger partial charge on any atom is 0.142 e. The van der Waals surface area contributed by atoms with Crippen LogP contribution in [0.1, 0.15) is 29.1 Å². The first-order valence-corrected chi connectivity index (χ1v) is 8.73. The summed E-state index contributed by atoms with van der Waals surface area (Å²) >= 11 is 1.69. The van der Waals surface area contributed by atoms with Crippen LogP contribution in [0.25, 0.3) is 0 Å². The summed E-state index contributed by atoms with van der Waals surface area (Å²) in [6, 6.07) is 6.06. The van der Waals surface area contributed by atoms with Crippen LogP contribution < -0.4 is 10.5 Å². The lowest BCUT2D eigenvalue weighted by atomic mass is 10.1. The number of rotatable bonds is 6. The van der Waals surface area contributed by atoms with Gasteiger partial charge < -0.3 is 10.5 Å². The first-order valence-electron chi connectivity index (χ1n) is 7.85. The molecule has 5 heteroatoms. The van der Waals surface area contributed by atoms with Crippen molar-refractivity contribution < 1.29 is 4.74 Å². The molecule has 1 aliphatic rings. The molecule has 2 aromatic rings. The van der Waals surface area contributed by atoms with Crippen LogP contribution in [-0.2, 0) is 6.42 Å². The molecule has 0 saturated carbocycles. The van der Waals surface area contributed by atoms with E-state index in [1.807, 2.05) is 19.1 Å². The van der Waals surface area contributed by atoms with Crippen LogP contribution in [0, 0.1) is 6.92 Å². The molecule has 1 aromatic heterocycles. The third kappa shape index (κ3) is 3.99. The van der Waals surface area contributed by atoms with E-state index in [9.17, 15) is 0 Å². The van der Waals surface area contributed by atoms with Crippen molar-refractivity contribution in [2.24, 2.45) is 0 Å². The number of nitrogens with two attached hydrogens (primary N) is 1. The van der Waals surface area contributed by atoms with Crippen molar-refractivity contribution in [3.63, 3.8) is 0 Å². The van der Waals surface area contributed by atoms with Crippen LogP contribution in [0.3, 0.4) is 0 Å². The average Bonchev–Trinajstić information content (AvgIpc) is 3.13. The Bertz CT molecular complexity index is 620. The van der Waals surface area contributed by atoms with E-state index in [1.54, 1.807) is 11.3 Å². The molecule has 0 atom stereocenters. The quantitative estimate of drug-likeness (QED) is 0.832. The normalized spacial score (nSPS) is 15.3. The van der Waals surface area contributed by atoms with E-state index in [0.29, 0.717) is 12.3 Å². The largest absolute Gasteiger partial charge is 0.490 e. The number of aromatic nitrogens is 1. The lowest BCUT2D eigenvalue weighted by Gasteiger charge is -2.16. The summed E-state index contributed by atoms with van der Waals surface area (Å²) < 4.78 is 5.83. The van der Waals surface area contributed by atoms with E-state index in [-0.39, 0.29) is 0 Å². The van der Waals surface area contributed by atoms with Crippen LogP contribution in [0.4, 0.5) is 5.69 Å². The summed E-state index contributed by atoms with van der Waals surface area (Å²) in [5, 5.41) is 3.20.